The lowest BCUT2D eigenvalue weighted by atomic mass is 10.4. The van der Waals surface area contributed by atoms with Gasteiger partial charge in [-0.1, -0.05) is 0 Å². The Balaban J connectivity index is 1.88. The molecule has 0 atom stereocenters. The number of aromatic nitrogens is 4. The van der Waals surface area contributed by atoms with Gasteiger partial charge in [0.1, 0.15) is 5.69 Å². The first kappa shape index (κ1) is 10.1. The van der Waals surface area contributed by atoms with Gasteiger partial charge in [-0.2, -0.15) is 5.10 Å². The van der Waals surface area contributed by atoms with Crippen LogP contribution < -0.4 is 0 Å². The molecule has 3 rings (SSSR count). The topological polar surface area (TPSA) is 72.9 Å². The Morgan fingerprint density at radius 3 is 3.06 bits per heavy atom. The van der Waals surface area contributed by atoms with Gasteiger partial charge in [0.2, 0.25) is 0 Å². The first-order chi connectivity index (χ1) is 8.25. The molecule has 1 aliphatic rings. The molecule has 1 N–H and O–H groups in total. The standard InChI is InChI=1S/C11H12N4O2/c16-11(17)10-3-4-13-15(10)6-9-5-12-7-14(9)8-1-2-8/h3-5,7-8H,1-2,6H2,(H,16,17). The largest absolute Gasteiger partial charge is 0.477 e. The lowest BCUT2D eigenvalue weighted by Gasteiger charge is -2.07. The van der Waals surface area contributed by atoms with E-state index in [4.69, 9.17) is 5.11 Å². The highest BCUT2D eigenvalue weighted by Crippen LogP contribution is 2.35. The van der Waals surface area contributed by atoms with Crippen LogP contribution >= 0.6 is 0 Å². The van der Waals surface area contributed by atoms with Gasteiger partial charge in [-0.15, -0.1) is 0 Å². The maximum atomic E-state index is 11.0. The lowest BCUT2D eigenvalue weighted by molar-refractivity contribution is 0.0684. The van der Waals surface area contributed by atoms with E-state index >= 15 is 0 Å². The van der Waals surface area contributed by atoms with E-state index < -0.39 is 5.97 Å². The van der Waals surface area contributed by atoms with Gasteiger partial charge >= 0.3 is 5.97 Å². The fourth-order valence-electron chi connectivity index (χ4n) is 1.93. The van der Waals surface area contributed by atoms with Crippen molar-refractivity contribution in [3.63, 3.8) is 0 Å². The minimum absolute atomic E-state index is 0.202. The van der Waals surface area contributed by atoms with Crippen LogP contribution in [0.2, 0.25) is 0 Å². The van der Waals surface area contributed by atoms with E-state index in [1.54, 1.807) is 12.5 Å². The molecular formula is C11H12N4O2. The zero-order chi connectivity index (χ0) is 11.8. The van der Waals surface area contributed by atoms with Crippen LogP contribution in [0.1, 0.15) is 35.1 Å². The number of carboxylic acid groups (broad SMARTS) is 1. The summed E-state index contributed by atoms with van der Waals surface area (Å²) >= 11 is 0. The summed E-state index contributed by atoms with van der Waals surface area (Å²) in [5, 5.41) is 13.0. The highest BCUT2D eigenvalue weighted by molar-refractivity contribution is 5.85. The molecule has 0 radical (unpaired) electrons. The van der Waals surface area contributed by atoms with Crippen molar-refractivity contribution in [1.29, 1.82) is 0 Å². The normalized spacial score (nSPS) is 15.1. The first-order valence-corrected chi connectivity index (χ1v) is 5.51. The van der Waals surface area contributed by atoms with Gasteiger partial charge in [-0.05, 0) is 18.9 Å². The molecule has 0 aliphatic heterocycles. The number of hydrogen-bond donors (Lipinski definition) is 1. The Labute approximate surface area is 97.5 Å². The maximum absolute atomic E-state index is 11.0. The summed E-state index contributed by atoms with van der Waals surface area (Å²) in [7, 11) is 0. The molecule has 6 nitrogen and oxygen atoms in total. The van der Waals surface area contributed by atoms with Crippen LogP contribution in [-0.4, -0.2) is 30.4 Å². The van der Waals surface area contributed by atoms with Gasteiger partial charge in [0, 0.05) is 12.2 Å². The van der Waals surface area contributed by atoms with Crippen molar-refractivity contribution in [2.75, 3.05) is 0 Å². The smallest absolute Gasteiger partial charge is 0.354 e. The summed E-state index contributed by atoms with van der Waals surface area (Å²) in [6, 6.07) is 2.04. The van der Waals surface area contributed by atoms with Crippen LogP contribution in [0.15, 0.2) is 24.8 Å². The van der Waals surface area contributed by atoms with Gasteiger partial charge < -0.3 is 9.67 Å². The van der Waals surface area contributed by atoms with E-state index in [2.05, 4.69) is 14.6 Å². The molecule has 0 spiro atoms. The van der Waals surface area contributed by atoms with Crippen molar-refractivity contribution < 1.29 is 9.90 Å². The van der Waals surface area contributed by atoms with Gasteiger partial charge in [0.05, 0.1) is 24.8 Å². The summed E-state index contributed by atoms with van der Waals surface area (Å²) in [4.78, 5) is 15.1. The molecule has 2 heterocycles. The minimum atomic E-state index is -0.958. The fourth-order valence-corrected chi connectivity index (χ4v) is 1.93. The highest BCUT2D eigenvalue weighted by Gasteiger charge is 2.25. The monoisotopic (exact) mass is 232 g/mol. The van der Waals surface area contributed by atoms with E-state index in [1.807, 2.05) is 0 Å². The van der Waals surface area contributed by atoms with E-state index in [0.29, 0.717) is 12.6 Å². The number of imidazole rings is 1. The zero-order valence-electron chi connectivity index (χ0n) is 9.15. The third-order valence-corrected chi connectivity index (χ3v) is 2.93. The molecule has 17 heavy (non-hydrogen) atoms. The molecular weight excluding hydrogens is 220 g/mol. The summed E-state index contributed by atoms with van der Waals surface area (Å²) in [5.74, 6) is -0.958. The highest BCUT2D eigenvalue weighted by atomic mass is 16.4. The molecule has 88 valence electrons. The number of aromatic carboxylic acids is 1. The van der Waals surface area contributed by atoms with Crippen LogP contribution in [0.25, 0.3) is 0 Å². The van der Waals surface area contributed by atoms with Gasteiger partial charge in [-0.25, -0.2) is 9.78 Å². The van der Waals surface area contributed by atoms with Crippen molar-refractivity contribution >= 4 is 5.97 Å². The molecule has 0 aromatic carbocycles. The van der Waals surface area contributed by atoms with E-state index in [0.717, 1.165) is 5.69 Å². The predicted molar refractivity (Wildman–Crippen MR) is 58.8 cm³/mol. The van der Waals surface area contributed by atoms with Crippen LogP contribution in [-0.2, 0) is 6.54 Å². The van der Waals surface area contributed by atoms with Crippen molar-refractivity contribution in [2.24, 2.45) is 0 Å². The number of carboxylic acids is 1. The van der Waals surface area contributed by atoms with E-state index in [1.165, 1.54) is 29.8 Å². The third-order valence-electron chi connectivity index (χ3n) is 2.93. The van der Waals surface area contributed by atoms with Gasteiger partial charge in [0.25, 0.3) is 0 Å². The number of nitrogens with zero attached hydrogens (tertiary/aromatic N) is 4. The molecule has 0 saturated heterocycles. The summed E-state index contributed by atoms with van der Waals surface area (Å²) < 4.78 is 3.59. The molecule has 1 fully saturated rings. The summed E-state index contributed by atoms with van der Waals surface area (Å²) in [6.07, 6.45) is 7.42. The van der Waals surface area contributed by atoms with Crippen molar-refractivity contribution in [3.8, 4) is 0 Å². The molecule has 0 unspecified atom stereocenters. The Kier molecular flexibility index (Phi) is 2.21. The second-order valence-corrected chi connectivity index (χ2v) is 4.20. The number of rotatable bonds is 4. The third kappa shape index (κ3) is 1.82. The molecule has 0 amide bonds. The molecule has 6 heteroatoms. The second-order valence-electron chi connectivity index (χ2n) is 4.20. The zero-order valence-corrected chi connectivity index (χ0v) is 9.15. The lowest BCUT2D eigenvalue weighted by Crippen LogP contribution is -2.13. The summed E-state index contributed by atoms with van der Waals surface area (Å²) in [5.41, 5.74) is 1.20. The second kappa shape index (κ2) is 3.73. The van der Waals surface area contributed by atoms with Crippen LogP contribution in [0.4, 0.5) is 0 Å². The summed E-state index contributed by atoms with van der Waals surface area (Å²) in [6.45, 7) is 0.450. The van der Waals surface area contributed by atoms with Gasteiger partial charge in [0.15, 0.2) is 0 Å². The molecule has 2 aromatic rings. The Bertz CT molecular complexity index is 553. The van der Waals surface area contributed by atoms with E-state index in [9.17, 15) is 4.79 Å². The van der Waals surface area contributed by atoms with E-state index in [-0.39, 0.29) is 5.69 Å². The molecule has 1 aliphatic carbocycles. The average molecular weight is 232 g/mol. The van der Waals surface area contributed by atoms with Crippen LogP contribution in [0, 0.1) is 0 Å². The number of carbonyl (C=O) groups is 1. The number of hydrogen-bond acceptors (Lipinski definition) is 3. The SMILES string of the molecule is O=C(O)c1ccnn1Cc1cncn1C1CC1. The molecule has 0 bridgehead atoms. The average Bonchev–Trinajstić information content (AvgIpc) is 2.86. The van der Waals surface area contributed by atoms with Crippen molar-refractivity contribution in [2.45, 2.75) is 25.4 Å². The first-order valence-electron chi connectivity index (χ1n) is 5.51. The Hall–Kier alpha value is -2.11. The predicted octanol–water partition coefficient (Wildman–Crippen LogP) is 1.16. The molecule has 1 saturated carbocycles. The Morgan fingerprint density at radius 2 is 2.35 bits per heavy atom. The Morgan fingerprint density at radius 1 is 1.53 bits per heavy atom. The quantitative estimate of drug-likeness (QED) is 0.858. The fraction of sp³-hybridized carbons (Fsp3) is 0.364. The van der Waals surface area contributed by atoms with Gasteiger partial charge in [-0.3, -0.25) is 4.68 Å². The minimum Gasteiger partial charge on any atom is -0.477 e. The van der Waals surface area contributed by atoms with Crippen LogP contribution in [0.3, 0.4) is 0 Å². The molecule has 2 aromatic heterocycles. The van der Waals surface area contributed by atoms with Crippen LogP contribution in [0.5, 0.6) is 0 Å². The van der Waals surface area contributed by atoms with Crippen molar-refractivity contribution in [3.05, 3.63) is 36.2 Å². The maximum Gasteiger partial charge on any atom is 0.354 e. The van der Waals surface area contributed by atoms with Crippen molar-refractivity contribution in [1.82, 2.24) is 19.3 Å².